The van der Waals surface area contributed by atoms with Crippen LogP contribution in [0.3, 0.4) is 0 Å². The topological polar surface area (TPSA) is 52.6 Å². The molecule has 2 aromatic rings. The van der Waals surface area contributed by atoms with Crippen LogP contribution in [0.15, 0.2) is 54.1 Å². The molecule has 1 fully saturated rings. The first-order chi connectivity index (χ1) is 16.0. The molecule has 4 nitrogen and oxygen atoms in total. The lowest BCUT2D eigenvalue weighted by atomic mass is 9.77. The standard InChI is InChI=1S/C29H36O4/c1-4-5-6-7-19-32-25-17-13-23(14-18-25)29(31)33-26-15-11-22(12-16-26)20-24-9-8-10-27(21(2)3)28(24)30/h11-18,20-21,27H,4-10,19H2,1-3H3/b24-20-. The molecule has 0 saturated heterocycles. The minimum absolute atomic E-state index is 0.128. The summed E-state index contributed by atoms with van der Waals surface area (Å²) in [7, 11) is 0. The third kappa shape index (κ3) is 7.31. The van der Waals surface area contributed by atoms with Crippen molar-refractivity contribution in [1.82, 2.24) is 0 Å². The number of rotatable bonds is 10. The molecule has 2 aromatic carbocycles. The summed E-state index contributed by atoms with van der Waals surface area (Å²) < 4.78 is 11.2. The van der Waals surface area contributed by atoms with Crippen molar-refractivity contribution in [3.8, 4) is 11.5 Å². The Kier molecular flexibility index (Phi) is 9.29. The minimum atomic E-state index is -0.405. The van der Waals surface area contributed by atoms with E-state index < -0.39 is 5.97 Å². The predicted molar refractivity (Wildman–Crippen MR) is 133 cm³/mol. The van der Waals surface area contributed by atoms with E-state index in [-0.39, 0.29) is 11.7 Å². The van der Waals surface area contributed by atoms with Gasteiger partial charge in [0, 0.05) is 5.92 Å². The number of allylic oxidation sites excluding steroid dienone is 1. The van der Waals surface area contributed by atoms with Crippen LogP contribution >= 0.6 is 0 Å². The van der Waals surface area contributed by atoms with Gasteiger partial charge in [-0.25, -0.2) is 4.79 Å². The predicted octanol–water partition coefficient (Wildman–Crippen LogP) is 7.27. The Balaban J connectivity index is 1.54. The van der Waals surface area contributed by atoms with Crippen LogP contribution in [-0.4, -0.2) is 18.4 Å². The number of carbonyl (C=O) groups is 2. The number of benzene rings is 2. The van der Waals surface area contributed by atoms with Gasteiger partial charge < -0.3 is 9.47 Å². The van der Waals surface area contributed by atoms with Crippen molar-refractivity contribution < 1.29 is 19.1 Å². The number of Topliss-reactive ketones (excluding diaryl/α,β-unsaturated/α-hetero) is 1. The lowest BCUT2D eigenvalue weighted by Gasteiger charge is -2.25. The molecule has 1 aliphatic rings. The van der Waals surface area contributed by atoms with Gasteiger partial charge in [-0.05, 0) is 85.2 Å². The van der Waals surface area contributed by atoms with E-state index in [4.69, 9.17) is 9.47 Å². The molecule has 1 unspecified atom stereocenters. The fourth-order valence-corrected chi connectivity index (χ4v) is 4.19. The average molecular weight is 449 g/mol. The van der Waals surface area contributed by atoms with Crippen molar-refractivity contribution in [2.75, 3.05) is 6.61 Å². The molecular weight excluding hydrogens is 412 g/mol. The fourth-order valence-electron chi connectivity index (χ4n) is 4.19. The molecule has 0 spiro atoms. The molecule has 4 heteroatoms. The van der Waals surface area contributed by atoms with Gasteiger partial charge in [0.1, 0.15) is 11.5 Å². The van der Waals surface area contributed by atoms with Gasteiger partial charge in [-0.15, -0.1) is 0 Å². The van der Waals surface area contributed by atoms with Crippen molar-refractivity contribution in [1.29, 1.82) is 0 Å². The molecule has 0 N–H and O–H groups in total. The van der Waals surface area contributed by atoms with Crippen LogP contribution in [0.5, 0.6) is 11.5 Å². The van der Waals surface area contributed by atoms with Gasteiger partial charge in [0.15, 0.2) is 5.78 Å². The highest BCUT2D eigenvalue weighted by atomic mass is 16.5. The fraction of sp³-hybridized carbons (Fsp3) is 0.448. The minimum Gasteiger partial charge on any atom is -0.494 e. The summed E-state index contributed by atoms with van der Waals surface area (Å²) in [5, 5.41) is 0. The Hall–Kier alpha value is -2.88. The van der Waals surface area contributed by atoms with Crippen LogP contribution in [0.25, 0.3) is 6.08 Å². The molecule has 1 aliphatic carbocycles. The summed E-state index contributed by atoms with van der Waals surface area (Å²) in [6.45, 7) is 7.11. The Morgan fingerprint density at radius 3 is 2.36 bits per heavy atom. The summed E-state index contributed by atoms with van der Waals surface area (Å²) in [6, 6.07) is 14.4. The number of hydrogen-bond acceptors (Lipinski definition) is 4. The SMILES string of the molecule is CCCCCCOc1ccc(C(=O)Oc2ccc(/C=C3/CCCC(C(C)C)C3=O)cc2)cc1. The number of ketones is 1. The van der Waals surface area contributed by atoms with E-state index in [1.54, 1.807) is 36.4 Å². The molecule has 33 heavy (non-hydrogen) atoms. The van der Waals surface area contributed by atoms with Crippen LogP contribution in [0, 0.1) is 11.8 Å². The summed E-state index contributed by atoms with van der Waals surface area (Å²) >= 11 is 0. The number of esters is 1. The quantitative estimate of drug-likeness (QED) is 0.166. The smallest absolute Gasteiger partial charge is 0.343 e. The second-order valence-electron chi connectivity index (χ2n) is 9.17. The Morgan fingerprint density at radius 2 is 1.70 bits per heavy atom. The van der Waals surface area contributed by atoms with Crippen LogP contribution in [0.4, 0.5) is 0 Å². The number of carbonyl (C=O) groups excluding carboxylic acids is 2. The number of hydrogen-bond donors (Lipinski definition) is 0. The van der Waals surface area contributed by atoms with Crippen LogP contribution in [0.1, 0.15) is 81.6 Å². The molecular formula is C29H36O4. The lowest BCUT2D eigenvalue weighted by molar-refractivity contribution is -0.121. The van der Waals surface area contributed by atoms with E-state index >= 15 is 0 Å². The molecule has 0 radical (unpaired) electrons. The van der Waals surface area contributed by atoms with Crippen molar-refractivity contribution in [3.05, 3.63) is 65.2 Å². The van der Waals surface area contributed by atoms with E-state index in [9.17, 15) is 9.59 Å². The highest BCUT2D eigenvalue weighted by Gasteiger charge is 2.28. The second-order valence-corrected chi connectivity index (χ2v) is 9.17. The third-order valence-electron chi connectivity index (χ3n) is 6.21. The molecule has 3 rings (SSSR count). The second kappa shape index (κ2) is 12.4. The molecule has 0 aromatic heterocycles. The first-order valence-electron chi connectivity index (χ1n) is 12.3. The molecule has 0 amide bonds. The maximum atomic E-state index is 12.7. The van der Waals surface area contributed by atoms with Gasteiger partial charge in [0.05, 0.1) is 12.2 Å². The van der Waals surface area contributed by atoms with E-state index in [2.05, 4.69) is 20.8 Å². The first-order valence-corrected chi connectivity index (χ1v) is 12.3. The summed E-state index contributed by atoms with van der Waals surface area (Å²) in [6.07, 6.45) is 9.48. The van der Waals surface area contributed by atoms with E-state index in [0.717, 1.165) is 42.6 Å². The van der Waals surface area contributed by atoms with Crippen molar-refractivity contribution in [3.63, 3.8) is 0 Å². The van der Waals surface area contributed by atoms with E-state index in [1.807, 2.05) is 18.2 Å². The number of unbranched alkanes of at least 4 members (excludes halogenated alkanes) is 3. The molecule has 1 saturated carbocycles. The lowest BCUT2D eigenvalue weighted by Crippen LogP contribution is -2.25. The Morgan fingerprint density at radius 1 is 1.00 bits per heavy atom. The van der Waals surface area contributed by atoms with Gasteiger partial charge in [-0.1, -0.05) is 52.2 Å². The monoisotopic (exact) mass is 448 g/mol. The third-order valence-corrected chi connectivity index (χ3v) is 6.21. The van der Waals surface area contributed by atoms with Crippen LogP contribution < -0.4 is 9.47 Å². The van der Waals surface area contributed by atoms with E-state index in [0.29, 0.717) is 23.8 Å². The summed E-state index contributed by atoms with van der Waals surface area (Å²) in [4.78, 5) is 25.2. The maximum absolute atomic E-state index is 12.7. The van der Waals surface area contributed by atoms with Gasteiger partial charge in [-0.3, -0.25) is 4.79 Å². The first kappa shape index (κ1) is 24.8. The van der Waals surface area contributed by atoms with Gasteiger partial charge in [-0.2, -0.15) is 0 Å². The summed E-state index contributed by atoms with van der Waals surface area (Å²) in [5.41, 5.74) is 2.33. The van der Waals surface area contributed by atoms with Crippen molar-refractivity contribution in [2.45, 2.75) is 65.7 Å². The van der Waals surface area contributed by atoms with Gasteiger partial charge in [0.2, 0.25) is 0 Å². The molecule has 1 atom stereocenters. The number of ether oxygens (including phenoxy) is 2. The van der Waals surface area contributed by atoms with Crippen LogP contribution in [-0.2, 0) is 4.79 Å². The maximum Gasteiger partial charge on any atom is 0.343 e. The van der Waals surface area contributed by atoms with E-state index in [1.165, 1.54) is 19.3 Å². The molecule has 0 bridgehead atoms. The van der Waals surface area contributed by atoms with Crippen LogP contribution in [0.2, 0.25) is 0 Å². The largest absolute Gasteiger partial charge is 0.494 e. The summed E-state index contributed by atoms with van der Waals surface area (Å²) in [5.74, 6) is 1.61. The normalized spacial score (nSPS) is 17.4. The molecule has 0 heterocycles. The zero-order valence-corrected chi connectivity index (χ0v) is 20.1. The molecule has 0 aliphatic heterocycles. The van der Waals surface area contributed by atoms with Crippen molar-refractivity contribution >= 4 is 17.8 Å². The highest BCUT2D eigenvalue weighted by Crippen LogP contribution is 2.31. The molecule has 176 valence electrons. The zero-order valence-electron chi connectivity index (χ0n) is 20.1. The van der Waals surface area contributed by atoms with Gasteiger partial charge >= 0.3 is 5.97 Å². The Bertz CT molecular complexity index is 939. The average Bonchev–Trinajstić information content (AvgIpc) is 2.81. The van der Waals surface area contributed by atoms with Gasteiger partial charge in [0.25, 0.3) is 0 Å². The highest BCUT2D eigenvalue weighted by molar-refractivity contribution is 6.01. The van der Waals surface area contributed by atoms with Crippen molar-refractivity contribution in [2.24, 2.45) is 11.8 Å². The Labute approximate surface area is 198 Å². The zero-order chi connectivity index (χ0) is 23.6.